The molecule has 7 nitrogen and oxygen atoms in total. The number of hydrogen-bond donors (Lipinski definition) is 0. The van der Waals surface area contributed by atoms with Gasteiger partial charge in [0.05, 0.1) is 6.20 Å². The van der Waals surface area contributed by atoms with Crippen LogP contribution in [0.25, 0.3) is 5.65 Å². The molecule has 0 radical (unpaired) electrons. The Kier molecular flexibility index (Phi) is 3.72. The monoisotopic (exact) mass is 349 g/mol. The number of hydrogen-bond acceptors (Lipinski definition) is 6. The highest BCUT2D eigenvalue weighted by atomic mass is 15.4. The Bertz CT molecular complexity index is 895. The van der Waals surface area contributed by atoms with Crippen molar-refractivity contribution in [2.24, 2.45) is 0 Å². The fraction of sp³-hybridized carbons (Fsp3) is 0.474. The van der Waals surface area contributed by atoms with Crippen LogP contribution < -0.4 is 9.80 Å². The summed E-state index contributed by atoms with van der Waals surface area (Å²) in [7, 11) is 0. The molecule has 134 valence electrons. The summed E-state index contributed by atoms with van der Waals surface area (Å²) in [4.78, 5) is 18.1. The van der Waals surface area contributed by atoms with Crippen molar-refractivity contribution in [3.63, 3.8) is 0 Å². The van der Waals surface area contributed by atoms with Crippen LogP contribution in [0.2, 0.25) is 0 Å². The minimum absolute atomic E-state index is 0.546. The summed E-state index contributed by atoms with van der Waals surface area (Å²) in [5.74, 6) is 2.23. The Hall–Kier alpha value is -2.70. The lowest BCUT2D eigenvalue weighted by atomic mass is 10.0. The van der Waals surface area contributed by atoms with Crippen LogP contribution in [0, 0.1) is 6.92 Å². The number of rotatable bonds is 4. The number of anilines is 2. The van der Waals surface area contributed by atoms with Crippen molar-refractivity contribution < 1.29 is 0 Å². The minimum atomic E-state index is 0.546. The molecule has 3 aromatic heterocycles. The summed E-state index contributed by atoms with van der Waals surface area (Å²) in [6, 6.07) is 7.35. The van der Waals surface area contributed by atoms with Gasteiger partial charge in [-0.3, -0.25) is 0 Å². The molecule has 0 N–H and O–H groups in total. The molecule has 4 heterocycles. The van der Waals surface area contributed by atoms with E-state index in [2.05, 4.69) is 35.9 Å². The quantitative estimate of drug-likeness (QED) is 0.721. The SMILES string of the molecule is Cc1cc(N2CCC(N(c3ccncn3)C3CC3)CC2)n2nccc2n1. The van der Waals surface area contributed by atoms with Gasteiger partial charge in [0.15, 0.2) is 5.65 Å². The van der Waals surface area contributed by atoms with Gasteiger partial charge in [-0.2, -0.15) is 9.61 Å². The predicted octanol–water partition coefficient (Wildman–Crippen LogP) is 2.47. The lowest BCUT2D eigenvalue weighted by Gasteiger charge is -2.40. The summed E-state index contributed by atoms with van der Waals surface area (Å²) in [6.07, 6.45) is 10.1. The van der Waals surface area contributed by atoms with Crippen LogP contribution in [0.3, 0.4) is 0 Å². The second-order valence-corrected chi connectivity index (χ2v) is 7.28. The van der Waals surface area contributed by atoms with E-state index in [0.29, 0.717) is 12.1 Å². The molecular weight excluding hydrogens is 326 g/mol. The van der Waals surface area contributed by atoms with E-state index in [9.17, 15) is 0 Å². The van der Waals surface area contributed by atoms with Crippen LogP contribution in [0.5, 0.6) is 0 Å². The van der Waals surface area contributed by atoms with E-state index in [4.69, 9.17) is 0 Å². The molecule has 7 heteroatoms. The summed E-state index contributed by atoms with van der Waals surface area (Å²) >= 11 is 0. The van der Waals surface area contributed by atoms with Crippen molar-refractivity contribution in [1.29, 1.82) is 0 Å². The first kappa shape index (κ1) is 15.5. The van der Waals surface area contributed by atoms with Crippen molar-refractivity contribution in [1.82, 2.24) is 24.6 Å². The maximum absolute atomic E-state index is 4.56. The summed E-state index contributed by atoms with van der Waals surface area (Å²) < 4.78 is 1.95. The van der Waals surface area contributed by atoms with Gasteiger partial charge >= 0.3 is 0 Å². The Morgan fingerprint density at radius 3 is 2.58 bits per heavy atom. The van der Waals surface area contributed by atoms with E-state index in [1.54, 1.807) is 6.33 Å². The number of piperidine rings is 1. The van der Waals surface area contributed by atoms with E-state index < -0.39 is 0 Å². The number of aromatic nitrogens is 5. The molecule has 26 heavy (non-hydrogen) atoms. The fourth-order valence-corrected chi connectivity index (χ4v) is 4.08. The van der Waals surface area contributed by atoms with Crippen molar-refractivity contribution >= 4 is 17.3 Å². The molecule has 2 aliphatic rings. The van der Waals surface area contributed by atoms with E-state index in [1.807, 2.05) is 36.0 Å². The molecule has 0 amide bonds. The topological polar surface area (TPSA) is 62.5 Å². The largest absolute Gasteiger partial charge is 0.356 e. The Morgan fingerprint density at radius 2 is 1.85 bits per heavy atom. The highest BCUT2D eigenvalue weighted by Crippen LogP contribution is 2.35. The second-order valence-electron chi connectivity index (χ2n) is 7.28. The van der Waals surface area contributed by atoms with Gasteiger partial charge in [-0.25, -0.2) is 15.0 Å². The number of fused-ring (bicyclic) bond motifs is 1. The van der Waals surface area contributed by atoms with Gasteiger partial charge in [0.2, 0.25) is 0 Å². The van der Waals surface area contributed by atoms with Crippen molar-refractivity contribution in [2.45, 2.75) is 44.7 Å². The van der Waals surface area contributed by atoms with Crippen LogP contribution in [-0.2, 0) is 0 Å². The van der Waals surface area contributed by atoms with E-state index in [-0.39, 0.29) is 0 Å². The van der Waals surface area contributed by atoms with Crippen LogP contribution >= 0.6 is 0 Å². The van der Waals surface area contributed by atoms with Gasteiger partial charge in [0.1, 0.15) is 18.0 Å². The van der Waals surface area contributed by atoms with E-state index in [1.165, 1.54) is 12.8 Å². The lowest BCUT2D eigenvalue weighted by Crippen LogP contribution is -2.47. The summed E-state index contributed by atoms with van der Waals surface area (Å²) in [6.45, 7) is 4.10. The average Bonchev–Trinajstić information content (AvgIpc) is 3.39. The number of nitrogens with zero attached hydrogens (tertiary/aromatic N) is 7. The van der Waals surface area contributed by atoms with Crippen LogP contribution in [-0.4, -0.2) is 49.7 Å². The molecule has 1 aliphatic carbocycles. The molecule has 0 bridgehead atoms. The predicted molar refractivity (Wildman–Crippen MR) is 100 cm³/mol. The van der Waals surface area contributed by atoms with E-state index >= 15 is 0 Å². The molecule has 3 aromatic rings. The fourth-order valence-electron chi connectivity index (χ4n) is 4.08. The third-order valence-electron chi connectivity index (χ3n) is 5.42. The number of aryl methyl sites for hydroxylation is 1. The molecule has 1 aliphatic heterocycles. The zero-order valence-electron chi connectivity index (χ0n) is 15.0. The molecule has 5 rings (SSSR count). The Morgan fingerprint density at radius 1 is 1.04 bits per heavy atom. The first-order valence-electron chi connectivity index (χ1n) is 9.40. The molecule has 0 spiro atoms. The van der Waals surface area contributed by atoms with Crippen LogP contribution in [0.4, 0.5) is 11.6 Å². The first-order valence-corrected chi connectivity index (χ1v) is 9.40. The maximum atomic E-state index is 4.56. The lowest BCUT2D eigenvalue weighted by molar-refractivity contribution is 0.455. The van der Waals surface area contributed by atoms with E-state index in [0.717, 1.165) is 48.9 Å². The molecule has 0 aromatic carbocycles. The standard InChI is InChI=1S/C19H23N7/c1-14-12-19(26-18(23-14)5-9-22-26)24-10-6-16(7-11-24)25(15-2-3-15)17-4-8-20-13-21-17/h4-5,8-9,12-13,15-16H,2-3,6-7,10-11H2,1H3. The summed E-state index contributed by atoms with van der Waals surface area (Å²) in [5, 5.41) is 4.46. The van der Waals surface area contributed by atoms with Crippen LogP contribution in [0.1, 0.15) is 31.4 Å². The molecular formula is C19H23N7. The molecule has 1 saturated carbocycles. The molecule has 1 saturated heterocycles. The normalized spacial score (nSPS) is 18.4. The Balaban J connectivity index is 1.36. The first-order chi connectivity index (χ1) is 12.8. The van der Waals surface area contributed by atoms with Crippen molar-refractivity contribution in [2.75, 3.05) is 22.9 Å². The summed E-state index contributed by atoms with van der Waals surface area (Å²) in [5.41, 5.74) is 1.96. The van der Waals surface area contributed by atoms with Crippen molar-refractivity contribution in [3.8, 4) is 0 Å². The van der Waals surface area contributed by atoms with Gasteiger partial charge in [-0.1, -0.05) is 0 Å². The highest BCUT2D eigenvalue weighted by molar-refractivity contribution is 5.51. The third kappa shape index (κ3) is 2.77. The van der Waals surface area contributed by atoms with Gasteiger partial charge in [0.25, 0.3) is 0 Å². The van der Waals surface area contributed by atoms with Crippen LogP contribution in [0.15, 0.2) is 36.9 Å². The highest BCUT2D eigenvalue weighted by Gasteiger charge is 2.36. The third-order valence-corrected chi connectivity index (χ3v) is 5.42. The smallest absolute Gasteiger partial charge is 0.157 e. The molecule has 0 unspecified atom stereocenters. The molecule has 0 atom stereocenters. The molecule has 2 fully saturated rings. The minimum Gasteiger partial charge on any atom is -0.356 e. The zero-order valence-corrected chi connectivity index (χ0v) is 15.0. The van der Waals surface area contributed by atoms with Crippen molar-refractivity contribution in [3.05, 3.63) is 42.6 Å². The maximum Gasteiger partial charge on any atom is 0.157 e. The Labute approximate surface area is 152 Å². The van der Waals surface area contributed by atoms with Gasteiger partial charge in [-0.05, 0) is 38.7 Å². The average molecular weight is 349 g/mol. The van der Waals surface area contributed by atoms with Gasteiger partial charge < -0.3 is 9.80 Å². The zero-order chi connectivity index (χ0) is 17.5. The van der Waals surface area contributed by atoms with Gasteiger partial charge in [-0.15, -0.1) is 0 Å². The van der Waals surface area contributed by atoms with Gasteiger partial charge in [0, 0.05) is 49.2 Å². The second kappa shape index (κ2) is 6.23.